The molecule has 1 aromatic rings. The summed E-state index contributed by atoms with van der Waals surface area (Å²) in [5, 5.41) is 0. The highest BCUT2D eigenvalue weighted by atomic mass is 17.2. The molecule has 0 saturated carbocycles. The van der Waals surface area contributed by atoms with Crippen LogP contribution < -0.4 is 4.74 Å². The van der Waals surface area contributed by atoms with Gasteiger partial charge in [0.1, 0.15) is 5.75 Å². The second kappa shape index (κ2) is 6.62. The first-order valence-electron chi connectivity index (χ1n) is 6.29. The number of rotatable bonds is 5. The summed E-state index contributed by atoms with van der Waals surface area (Å²) in [5.41, 5.74) is 1.02. The largest absolute Gasteiger partial charge is 0.493 e. The number of hydrogen-bond acceptors (Lipinski definition) is 3. The van der Waals surface area contributed by atoms with Gasteiger partial charge in [-0.25, -0.2) is 9.78 Å². The molecule has 0 aromatic heterocycles. The van der Waals surface area contributed by atoms with Gasteiger partial charge in [0.2, 0.25) is 0 Å². The Hall–Kier alpha value is -1.06. The van der Waals surface area contributed by atoms with Crippen LogP contribution in [0.5, 0.6) is 5.75 Å². The average molecular weight is 235 g/mol. The molecule has 2 rings (SSSR count). The van der Waals surface area contributed by atoms with Crippen LogP contribution in [0.2, 0.25) is 0 Å². The van der Waals surface area contributed by atoms with Crippen LogP contribution >= 0.6 is 0 Å². The van der Waals surface area contributed by atoms with E-state index >= 15 is 0 Å². The minimum Gasteiger partial charge on any atom is -0.493 e. The van der Waals surface area contributed by atoms with E-state index in [9.17, 15) is 0 Å². The van der Waals surface area contributed by atoms with E-state index in [1.165, 1.54) is 0 Å². The van der Waals surface area contributed by atoms with Crippen LogP contribution in [-0.2, 0) is 9.78 Å². The summed E-state index contributed by atoms with van der Waals surface area (Å²) in [6, 6.07) is 7.98. The van der Waals surface area contributed by atoms with Crippen molar-refractivity contribution in [2.45, 2.75) is 32.6 Å². The molecule has 1 heterocycles. The fourth-order valence-electron chi connectivity index (χ4n) is 1.78. The standard InChI is InChI=1S/C14H19O3/c1-2-3-10-15-13-8-5-4-7-12(13)14-9-6-11-16-17-14/h4-5,7-8H,2-3,6,9-11H2,1H3. The van der Waals surface area contributed by atoms with E-state index in [0.717, 1.165) is 49.7 Å². The van der Waals surface area contributed by atoms with Crippen molar-refractivity contribution in [2.24, 2.45) is 0 Å². The molecule has 0 N–H and O–H groups in total. The van der Waals surface area contributed by atoms with Crippen molar-refractivity contribution in [1.82, 2.24) is 0 Å². The van der Waals surface area contributed by atoms with Gasteiger partial charge in [0.15, 0.2) is 6.10 Å². The highest BCUT2D eigenvalue weighted by Crippen LogP contribution is 2.32. The molecule has 0 bridgehead atoms. The number of hydrogen-bond donors (Lipinski definition) is 0. The van der Waals surface area contributed by atoms with Crippen molar-refractivity contribution in [3.05, 3.63) is 35.9 Å². The highest BCUT2D eigenvalue weighted by Gasteiger charge is 2.22. The first-order valence-corrected chi connectivity index (χ1v) is 6.29. The zero-order valence-corrected chi connectivity index (χ0v) is 10.3. The van der Waals surface area contributed by atoms with E-state index in [2.05, 4.69) is 6.92 Å². The van der Waals surface area contributed by atoms with Crippen LogP contribution in [0.15, 0.2) is 24.3 Å². The van der Waals surface area contributed by atoms with E-state index in [1.54, 1.807) is 0 Å². The lowest BCUT2D eigenvalue weighted by Gasteiger charge is -2.22. The van der Waals surface area contributed by atoms with Crippen LogP contribution in [-0.4, -0.2) is 13.2 Å². The third-order valence-electron chi connectivity index (χ3n) is 2.73. The van der Waals surface area contributed by atoms with Crippen molar-refractivity contribution in [3.8, 4) is 5.75 Å². The normalized spacial score (nSPS) is 17.0. The quantitative estimate of drug-likeness (QED) is 0.577. The summed E-state index contributed by atoms with van der Waals surface area (Å²) in [6.07, 6.45) is 5.00. The van der Waals surface area contributed by atoms with Gasteiger partial charge in [0.25, 0.3) is 0 Å². The molecule has 17 heavy (non-hydrogen) atoms. The number of ether oxygens (including phenoxy) is 1. The van der Waals surface area contributed by atoms with Crippen LogP contribution in [0.4, 0.5) is 0 Å². The zero-order chi connectivity index (χ0) is 11.9. The molecular weight excluding hydrogens is 216 g/mol. The van der Waals surface area contributed by atoms with Crippen molar-refractivity contribution < 1.29 is 14.5 Å². The molecule has 93 valence electrons. The maximum Gasteiger partial charge on any atom is 0.168 e. The minimum atomic E-state index is 0.669. The number of unbranched alkanes of at least 4 members (excludes halogenated alkanes) is 1. The van der Waals surface area contributed by atoms with Crippen LogP contribution in [0.25, 0.3) is 0 Å². The lowest BCUT2D eigenvalue weighted by molar-refractivity contribution is -0.300. The third kappa shape index (κ3) is 3.45. The van der Waals surface area contributed by atoms with E-state index in [1.807, 2.05) is 24.3 Å². The van der Waals surface area contributed by atoms with Crippen LogP contribution in [0.3, 0.4) is 0 Å². The molecule has 0 aliphatic carbocycles. The van der Waals surface area contributed by atoms with Crippen molar-refractivity contribution in [2.75, 3.05) is 13.2 Å². The third-order valence-corrected chi connectivity index (χ3v) is 2.73. The van der Waals surface area contributed by atoms with Gasteiger partial charge in [0, 0.05) is 5.56 Å². The maximum atomic E-state index is 5.77. The first-order chi connectivity index (χ1) is 8.42. The Morgan fingerprint density at radius 2 is 2.18 bits per heavy atom. The second-order valence-corrected chi connectivity index (χ2v) is 4.13. The van der Waals surface area contributed by atoms with Gasteiger partial charge < -0.3 is 4.74 Å². The predicted octanol–water partition coefficient (Wildman–Crippen LogP) is 3.49. The lowest BCUT2D eigenvalue weighted by Crippen LogP contribution is -2.15. The van der Waals surface area contributed by atoms with Crippen molar-refractivity contribution >= 4 is 0 Å². The predicted molar refractivity (Wildman–Crippen MR) is 65.5 cm³/mol. The summed E-state index contributed by atoms with van der Waals surface area (Å²) in [5.74, 6) is 0.890. The van der Waals surface area contributed by atoms with E-state index in [-0.39, 0.29) is 0 Å². The summed E-state index contributed by atoms with van der Waals surface area (Å²) < 4.78 is 5.77. The molecule has 1 aliphatic heterocycles. The molecule has 0 amide bonds. The molecule has 0 unspecified atom stereocenters. The maximum absolute atomic E-state index is 5.77. The van der Waals surface area contributed by atoms with Gasteiger partial charge in [0.05, 0.1) is 13.2 Å². The Bertz CT molecular complexity index is 332. The molecule has 1 radical (unpaired) electrons. The number of para-hydroxylation sites is 1. The molecule has 3 nitrogen and oxygen atoms in total. The van der Waals surface area contributed by atoms with Gasteiger partial charge in [-0.05, 0) is 25.3 Å². The van der Waals surface area contributed by atoms with Crippen molar-refractivity contribution in [1.29, 1.82) is 0 Å². The topological polar surface area (TPSA) is 27.7 Å². The second-order valence-electron chi connectivity index (χ2n) is 4.13. The molecule has 1 aromatic carbocycles. The SMILES string of the molecule is CCCCOc1ccccc1[C]1CCCOO1. The Balaban J connectivity index is 2.03. The fraction of sp³-hybridized carbons (Fsp3) is 0.500. The summed E-state index contributed by atoms with van der Waals surface area (Å²) in [6.45, 7) is 3.58. The first kappa shape index (κ1) is 12.4. The smallest absolute Gasteiger partial charge is 0.168 e. The minimum absolute atomic E-state index is 0.669. The van der Waals surface area contributed by atoms with Gasteiger partial charge in [-0.2, -0.15) is 0 Å². The molecule has 1 saturated heterocycles. The Morgan fingerprint density at radius 1 is 1.29 bits per heavy atom. The molecule has 1 aliphatic rings. The lowest BCUT2D eigenvalue weighted by atomic mass is 10.0. The van der Waals surface area contributed by atoms with E-state index in [4.69, 9.17) is 14.5 Å². The van der Waals surface area contributed by atoms with Gasteiger partial charge in [-0.1, -0.05) is 31.5 Å². The molecular formula is C14H19O3. The zero-order valence-electron chi connectivity index (χ0n) is 10.3. The molecule has 3 heteroatoms. The monoisotopic (exact) mass is 235 g/mol. The highest BCUT2D eigenvalue weighted by molar-refractivity contribution is 5.41. The average Bonchev–Trinajstić information content (AvgIpc) is 2.41. The van der Waals surface area contributed by atoms with Crippen LogP contribution in [0, 0.1) is 6.10 Å². The Kier molecular flexibility index (Phi) is 4.83. The van der Waals surface area contributed by atoms with Gasteiger partial charge >= 0.3 is 0 Å². The Labute approximate surface area is 103 Å². The van der Waals surface area contributed by atoms with Crippen LogP contribution in [0.1, 0.15) is 38.2 Å². The van der Waals surface area contributed by atoms with E-state index in [0.29, 0.717) is 6.61 Å². The fourth-order valence-corrected chi connectivity index (χ4v) is 1.78. The van der Waals surface area contributed by atoms with Gasteiger partial charge in [-0.15, -0.1) is 0 Å². The van der Waals surface area contributed by atoms with Gasteiger partial charge in [-0.3, -0.25) is 0 Å². The van der Waals surface area contributed by atoms with E-state index < -0.39 is 0 Å². The summed E-state index contributed by atoms with van der Waals surface area (Å²) in [7, 11) is 0. The Morgan fingerprint density at radius 3 is 2.94 bits per heavy atom. The molecule has 0 atom stereocenters. The molecule has 1 fully saturated rings. The number of benzene rings is 1. The summed E-state index contributed by atoms with van der Waals surface area (Å²) >= 11 is 0. The van der Waals surface area contributed by atoms with Crippen molar-refractivity contribution in [3.63, 3.8) is 0 Å². The molecule has 0 spiro atoms. The summed E-state index contributed by atoms with van der Waals surface area (Å²) in [4.78, 5) is 10.3.